The van der Waals surface area contributed by atoms with Gasteiger partial charge in [0.25, 0.3) is 0 Å². The molecule has 1 unspecified atom stereocenters. The molecule has 0 aromatic carbocycles. The number of rotatable bonds is 5. The second-order valence-electron chi connectivity index (χ2n) is 3.39. The predicted octanol–water partition coefficient (Wildman–Crippen LogP) is 0.575. The number of quaternary nitrogens is 1. The fourth-order valence-electron chi connectivity index (χ4n) is 0.786. The van der Waals surface area contributed by atoms with Crippen LogP contribution in [-0.2, 0) is 4.57 Å². The van der Waals surface area contributed by atoms with Crippen LogP contribution in [-0.4, -0.2) is 37.8 Å². The fraction of sp³-hybridized carbons (Fsp3) is 1.00. The Kier molecular flexibility index (Phi) is 4.82. The molecule has 0 radical (unpaired) electrons. The van der Waals surface area contributed by atoms with Crippen LogP contribution in [0.15, 0.2) is 0 Å². The second-order valence-corrected chi connectivity index (χ2v) is 4.50. The lowest BCUT2D eigenvalue weighted by Crippen LogP contribution is -2.40. The predicted molar refractivity (Wildman–Crippen MR) is 44.6 cm³/mol. The monoisotopic (exact) mass is 178 g/mol. The van der Waals surface area contributed by atoms with E-state index in [9.17, 15) is 9.46 Å². The van der Waals surface area contributed by atoms with Crippen molar-refractivity contribution in [2.75, 3.05) is 33.3 Å². The molecule has 0 aliphatic heterocycles. The minimum atomic E-state index is -2.17. The van der Waals surface area contributed by atoms with Gasteiger partial charge in [-0.3, -0.25) is 0 Å². The normalized spacial score (nSPS) is 13.3. The Morgan fingerprint density at radius 3 is 2.36 bits per heavy atom. The smallest absolute Gasteiger partial charge is 0.308 e. The van der Waals surface area contributed by atoms with Crippen LogP contribution in [0, 0.1) is 0 Å². The summed E-state index contributed by atoms with van der Waals surface area (Å²) in [5.74, 6) is 0. The van der Waals surface area contributed by atoms with Crippen LogP contribution in [0.3, 0.4) is 0 Å². The van der Waals surface area contributed by atoms with Crippen molar-refractivity contribution in [3.63, 3.8) is 0 Å². The summed E-state index contributed by atoms with van der Waals surface area (Å²) in [4.78, 5) is 10.2. The molecule has 0 spiro atoms. The third-order valence-corrected chi connectivity index (χ3v) is 2.64. The minimum absolute atomic E-state index is 0.330. The van der Waals surface area contributed by atoms with Gasteiger partial charge in [-0.25, -0.2) is 0 Å². The van der Waals surface area contributed by atoms with E-state index in [4.69, 9.17) is 0 Å². The van der Waals surface area contributed by atoms with E-state index < -0.39 is 8.03 Å². The number of hydrogen-bond acceptors (Lipinski definition) is 2. The van der Waals surface area contributed by atoms with E-state index in [2.05, 4.69) is 21.0 Å². The first-order valence-corrected chi connectivity index (χ1v) is 5.28. The molecule has 0 aliphatic carbocycles. The average molecular weight is 178 g/mol. The van der Waals surface area contributed by atoms with Crippen LogP contribution in [0.2, 0.25) is 0 Å². The van der Waals surface area contributed by atoms with Crippen LogP contribution in [0.5, 0.6) is 0 Å². The molecular formula is C7H17NO2P+. The van der Waals surface area contributed by atoms with Gasteiger partial charge in [-0.05, 0) is 6.92 Å². The third-order valence-electron chi connectivity index (χ3n) is 1.96. The molecule has 0 saturated heterocycles. The van der Waals surface area contributed by atoms with Gasteiger partial charge >= 0.3 is 8.03 Å². The largest absolute Gasteiger partial charge is 0.596 e. The summed E-state index contributed by atoms with van der Waals surface area (Å²) >= 11 is 0. The molecule has 11 heavy (non-hydrogen) atoms. The quantitative estimate of drug-likeness (QED) is 0.456. The van der Waals surface area contributed by atoms with Crippen LogP contribution < -0.4 is 4.89 Å². The van der Waals surface area contributed by atoms with Gasteiger partial charge in [-0.15, -0.1) is 0 Å². The van der Waals surface area contributed by atoms with Crippen LogP contribution >= 0.6 is 8.03 Å². The van der Waals surface area contributed by atoms with Crippen molar-refractivity contribution in [2.24, 2.45) is 0 Å². The van der Waals surface area contributed by atoms with Gasteiger partial charge < -0.3 is 9.38 Å². The zero-order valence-electron chi connectivity index (χ0n) is 7.54. The summed E-state index contributed by atoms with van der Waals surface area (Å²) in [6.45, 7) is 4.10. The highest BCUT2D eigenvalue weighted by atomic mass is 31.1. The Morgan fingerprint density at radius 1 is 1.45 bits per heavy atom. The maximum Gasteiger partial charge on any atom is 0.308 e. The lowest BCUT2D eigenvalue weighted by atomic mass is 10.4. The highest BCUT2D eigenvalue weighted by molar-refractivity contribution is 7.36. The van der Waals surface area contributed by atoms with E-state index in [-0.39, 0.29) is 0 Å². The van der Waals surface area contributed by atoms with E-state index in [1.165, 1.54) is 0 Å². The Morgan fingerprint density at radius 2 is 2.00 bits per heavy atom. The SMILES string of the molecule is CC[N+](C)(C)CCC[P+](=O)[O-]. The first-order valence-electron chi connectivity index (χ1n) is 3.92. The molecular weight excluding hydrogens is 161 g/mol. The van der Waals surface area contributed by atoms with Gasteiger partial charge in [-0.1, -0.05) is 4.57 Å². The topological polar surface area (TPSA) is 40.1 Å². The Bertz CT molecular complexity index is 136. The summed E-state index contributed by atoms with van der Waals surface area (Å²) in [5, 5.41) is 0. The third kappa shape index (κ3) is 6.42. The highest BCUT2D eigenvalue weighted by Gasteiger charge is 2.12. The Hall–Kier alpha value is 0.0200. The van der Waals surface area contributed by atoms with Gasteiger partial charge in [0, 0.05) is 6.42 Å². The molecule has 0 aromatic rings. The molecule has 0 N–H and O–H groups in total. The zero-order valence-corrected chi connectivity index (χ0v) is 8.43. The molecule has 0 fully saturated rings. The van der Waals surface area contributed by atoms with Gasteiger partial charge in [0.1, 0.15) is 6.16 Å². The van der Waals surface area contributed by atoms with E-state index in [1.54, 1.807) is 0 Å². The average Bonchev–Trinajstić information content (AvgIpc) is 1.87. The molecule has 0 rings (SSSR count). The molecule has 1 atom stereocenters. The summed E-state index contributed by atoms with van der Waals surface area (Å²) in [6.07, 6.45) is 1.11. The maximum atomic E-state index is 10.2. The molecule has 0 aliphatic rings. The summed E-state index contributed by atoms with van der Waals surface area (Å²) in [5.41, 5.74) is 0. The summed E-state index contributed by atoms with van der Waals surface area (Å²) in [7, 11) is 2.05. The lowest BCUT2D eigenvalue weighted by molar-refractivity contribution is -0.888. The highest BCUT2D eigenvalue weighted by Crippen LogP contribution is 2.09. The molecule has 0 saturated carbocycles. The Labute approximate surface area is 69.5 Å². The first kappa shape index (κ1) is 11.0. The molecule has 4 heteroatoms. The first-order chi connectivity index (χ1) is 4.98. The molecule has 3 nitrogen and oxygen atoms in total. The van der Waals surface area contributed by atoms with E-state index in [0.29, 0.717) is 6.16 Å². The van der Waals surface area contributed by atoms with Crippen molar-refractivity contribution in [1.82, 2.24) is 0 Å². The van der Waals surface area contributed by atoms with Crippen molar-refractivity contribution in [3.05, 3.63) is 0 Å². The van der Waals surface area contributed by atoms with Gasteiger partial charge in [0.05, 0.1) is 27.2 Å². The van der Waals surface area contributed by atoms with E-state index in [0.717, 1.165) is 24.0 Å². The van der Waals surface area contributed by atoms with Crippen LogP contribution in [0.25, 0.3) is 0 Å². The zero-order chi connectivity index (χ0) is 8.91. The minimum Gasteiger partial charge on any atom is -0.596 e. The van der Waals surface area contributed by atoms with E-state index in [1.807, 2.05) is 0 Å². The van der Waals surface area contributed by atoms with Crippen LogP contribution in [0.4, 0.5) is 0 Å². The fourth-order valence-corrected chi connectivity index (χ4v) is 1.19. The molecule has 0 heterocycles. The molecule has 0 amide bonds. The Balaban J connectivity index is 3.45. The maximum absolute atomic E-state index is 10.2. The van der Waals surface area contributed by atoms with Crippen molar-refractivity contribution in [1.29, 1.82) is 0 Å². The number of nitrogens with zero attached hydrogens (tertiary/aromatic N) is 1. The van der Waals surface area contributed by atoms with Crippen molar-refractivity contribution >= 4 is 8.03 Å². The van der Waals surface area contributed by atoms with Crippen molar-refractivity contribution < 1.29 is 13.9 Å². The second kappa shape index (κ2) is 4.81. The standard InChI is InChI=1S/C7H17NO2P/c1-4-8(2,3)6-5-7-11(9)10/h4-7H2,1-3H3/q+1. The van der Waals surface area contributed by atoms with Crippen molar-refractivity contribution in [3.8, 4) is 0 Å². The van der Waals surface area contributed by atoms with Gasteiger partial charge in [0.2, 0.25) is 0 Å². The van der Waals surface area contributed by atoms with Crippen molar-refractivity contribution in [2.45, 2.75) is 13.3 Å². The molecule has 66 valence electrons. The van der Waals surface area contributed by atoms with Gasteiger partial charge in [0.15, 0.2) is 0 Å². The number of hydrogen-bond donors (Lipinski definition) is 0. The molecule has 0 aromatic heterocycles. The summed E-state index contributed by atoms with van der Waals surface area (Å²) < 4.78 is 11.1. The van der Waals surface area contributed by atoms with Gasteiger partial charge in [-0.2, -0.15) is 0 Å². The van der Waals surface area contributed by atoms with Crippen LogP contribution in [0.1, 0.15) is 13.3 Å². The molecule has 0 bridgehead atoms. The van der Waals surface area contributed by atoms with E-state index >= 15 is 0 Å². The summed E-state index contributed by atoms with van der Waals surface area (Å²) in [6, 6.07) is 0. The lowest BCUT2D eigenvalue weighted by Gasteiger charge is -2.27.